The second kappa shape index (κ2) is 28.1. The monoisotopic (exact) mass is 1860 g/mol. The SMILES string of the molecule is CC(C)(C)c1cc2c3c(c1)-n1c4sc5ccccc5c4c4cc(C(C)(C)C)cc(c41)B3c1ccc(N3c4ccc(C(C)(C)Cc5ccc6c(c5)oc5cccc(N7c8cc(N9c%10ccc(C(C)(C)C)cc%10C%10(C)CCCCC9%10C)ccc8B8c9c7cc(C(C)(C)C)cc9-n7c9sc%10ccccc%10c9c9cc(C(C)(C)C)cc8c97)c56)cc4C4(C)CCCCC34C)cc1N2c1cccc2c1oc1ccccc12. The third-order valence-electron chi connectivity index (χ3n) is 36.3. The normalized spacial score (nSPS) is 19.9. The number of furan rings is 2. The molecule has 6 aromatic heterocycles. The van der Waals surface area contributed by atoms with Gasteiger partial charge in [0, 0.05) is 126 Å². The Kier molecular flexibility index (Phi) is 17.1. The van der Waals surface area contributed by atoms with Crippen molar-refractivity contribution in [3.05, 3.63) is 299 Å². The topological polar surface area (TPSA) is 49.1 Å². The predicted molar refractivity (Wildman–Crippen MR) is 601 cm³/mol. The first-order valence-electron chi connectivity index (χ1n) is 51.8. The molecule has 12 heterocycles. The van der Waals surface area contributed by atoms with E-state index >= 15 is 0 Å². The molecule has 0 bridgehead atoms. The van der Waals surface area contributed by atoms with E-state index < -0.39 is 0 Å². The summed E-state index contributed by atoms with van der Waals surface area (Å²) in [5.41, 5.74) is 39.9. The maximum atomic E-state index is 7.50. The van der Waals surface area contributed by atoms with Crippen LogP contribution < -0.4 is 52.4 Å². The fourth-order valence-corrected chi connectivity index (χ4v) is 30.8. The third-order valence-corrected chi connectivity index (χ3v) is 38.6. The van der Waals surface area contributed by atoms with Crippen LogP contribution in [0, 0.1) is 0 Å². The summed E-state index contributed by atoms with van der Waals surface area (Å²) in [6.07, 6.45) is 10.0. The molecule has 2 fully saturated rings. The van der Waals surface area contributed by atoms with E-state index in [0.29, 0.717) is 0 Å². The molecule has 2 saturated carbocycles. The standard InChI is InChI=1S/C128H122B2N6O2S2/c1-119(2,3)73-45-52-94-88(61-73)125(18)54-28-30-56-127(125,20)135(94)79-47-50-90-98(69-79)131(100-65-77(122(10,11)12)67-102-112(100)129(90)92-63-75(120(4,5)6)59-86-109-84-35-23-26-42-107(84)139-117(109)133(102)114(86)92)96-38-33-41-105-111(96)83-49-44-72(58-106(83)137-105)71-124(16,17)74-46-53-95-89(62-74)126(19)55-29-31-57-128(126,21)136(95)80-48-51-91-99(70-80)132(97-39-32-37-82-81-34-22-25-40-104(81)138-116(82)97)101-66-78(123(13,14)15)68-103-113(101)130(91)93-64-76(121(7,8)9)60-87-110-85-36-24-27-43-108(85)140-118(110)134(103)115(87)93/h22-27,32-53,58-70H,28-31,54-57,71H2,1-21H3. The Morgan fingerprint density at radius 1 is 0.307 bits per heavy atom. The van der Waals surface area contributed by atoms with Crippen molar-refractivity contribution in [2.45, 2.75) is 258 Å². The van der Waals surface area contributed by atoms with Gasteiger partial charge in [0.1, 0.15) is 26.4 Å². The number of hydrogen-bond acceptors (Lipinski definition) is 8. The lowest BCUT2D eigenvalue weighted by Gasteiger charge is -2.50. The Morgan fingerprint density at radius 2 is 0.750 bits per heavy atom. The molecule has 0 spiro atoms. The summed E-state index contributed by atoms with van der Waals surface area (Å²) >= 11 is 3.90. The van der Waals surface area contributed by atoms with Gasteiger partial charge >= 0.3 is 0 Å². The molecule has 4 atom stereocenters. The van der Waals surface area contributed by atoms with Crippen LogP contribution in [0.4, 0.5) is 56.9 Å². The highest BCUT2D eigenvalue weighted by molar-refractivity contribution is 7.26. The van der Waals surface area contributed by atoms with E-state index in [-0.39, 0.29) is 67.8 Å². The number of thiophene rings is 2. The van der Waals surface area contributed by atoms with Crippen LogP contribution >= 0.6 is 22.7 Å². The van der Waals surface area contributed by atoms with Gasteiger partial charge in [0.05, 0.1) is 38.9 Å². The van der Waals surface area contributed by atoms with Gasteiger partial charge in [0.15, 0.2) is 5.58 Å². The molecule has 2 aliphatic carbocycles. The van der Waals surface area contributed by atoms with Crippen molar-refractivity contribution in [3.63, 3.8) is 0 Å². The predicted octanol–water partition coefficient (Wildman–Crippen LogP) is 31.8. The quantitative estimate of drug-likeness (QED) is 0.148. The van der Waals surface area contributed by atoms with Crippen molar-refractivity contribution in [1.82, 2.24) is 9.13 Å². The van der Waals surface area contributed by atoms with E-state index in [4.69, 9.17) is 8.83 Å². The maximum Gasteiger partial charge on any atom is 0.252 e. The van der Waals surface area contributed by atoms with Gasteiger partial charge in [-0.1, -0.05) is 291 Å². The minimum atomic E-state index is -0.284. The molecule has 140 heavy (non-hydrogen) atoms. The molecule has 4 unspecified atom stereocenters. The second-order valence-corrected chi connectivity index (χ2v) is 52.0. The van der Waals surface area contributed by atoms with Crippen molar-refractivity contribution >= 4 is 232 Å². The van der Waals surface area contributed by atoms with Gasteiger partial charge in [0.2, 0.25) is 0 Å². The van der Waals surface area contributed by atoms with Crippen molar-refractivity contribution in [2.75, 3.05) is 19.6 Å². The zero-order valence-electron chi connectivity index (χ0n) is 85.0. The van der Waals surface area contributed by atoms with Gasteiger partial charge in [-0.25, -0.2) is 0 Å². The summed E-state index contributed by atoms with van der Waals surface area (Å²) in [5.74, 6) is 0. The molecule has 8 nitrogen and oxygen atoms in total. The van der Waals surface area contributed by atoms with E-state index in [9.17, 15) is 0 Å². The fourth-order valence-electron chi connectivity index (χ4n) is 28.3. The molecule has 14 aromatic carbocycles. The zero-order valence-corrected chi connectivity index (χ0v) is 86.6. The first kappa shape index (κ1) is 85.5. The lowest BCUT2D eigenvalue weighted by Crippen LogP contribution is -2.61. The Balaban J connectivity index is 0.595. The average molecular weight is 1860 g/mol. The first-order chi connectivity index (χ1) is 66.8. The molecule has 0 radical (unpaired) electrons. The molecule has 8 aliphatic rings. The molecule has 694 valence electrons. The van der Waals surface area contributed by atoms with Gasteiger partial charge in [-0.2, -0.15) is 0 Å². The average Bonchev–Trinajstić information content (AvgIpc) is 1.47. The summed E-state index contributed by atoms with van der Waals surface area (Å²) in [4.78, 5) is 13.7. The Morgan fingerprint density at radius 3 is 1.28 bits per heavy atom. The summed E-state index contributed by atoms with van der Waals surface area (Å²) in [5, 5.41) is 12.6. The number of aromatic nitrogens is 2. The molecule has 0 amide bonds. The van der Waals surface area contributed by atoms with Gasteiger partial charge < -0.3 is 37.6 Å². The van der Waals surface area contributed by atoms with Crippen LogP contribution in [0.2, 0.25) is 0 Å². The largest absolute Gasteiger partial charge is 0.456 e. The van der Waals surface area contributed by atoms with Crippen LogP contribution in [0.1, 0.15) is 247 Å². The zero-order chi connectivity index (χ0) is 95.9. The van der Waals surface area contributed by atoms with Crippen LogP contribution in [0.25, 0.3) is 118 Å². The van der Waals surface area contributed by atoms with Gasteiger partial charge in [-0.05, 0) is 277 Å². The van der Waals surface area contributed by atoms with Crippen LogP contribution in [0.15, 0.2) is 258 Å². The Hall–Kier alpha value is -12.5. The highest BCUT2D eigenvalue weighted by atomic mass is 32.1. The number of nitrogens with zero attached hydrogens (tertiary/aromatic N) is 6. The Bertz CT molecular complexity index is 8950. The van der Waals surface area contributed by atoms with Crippen LogP contribution in [-0.4, -0.2) is 33.6 Å². The Labute approximate surface area is 831 Å². The van der Waals surface area contributed by atoms with E-state index in [0.717, 1.165) is 87.4 Å². The van der Waals surface area contributed by atoms with E-state index in [1.54, 1.807) is 0 Å². The van der Waals surface area contributed by atoms with Crippen LogP contribution in [-0.2, 0) is 49.7 Å². The van der Waals surface area contributed by atoms with Crippen molar-refractivity contribution < 1.29 is 8.83 Å². The van der Waals surface area contributed by atoms with Gasteiger partial charge in [-0.3, -0.25) is 0 Å². The minimum Gasteiger partial charge on any atom is -0.456 e. The van der Waals surface area contributed by atoms with Crippen molar-refractivity contribution in [1.29, 1.82) is 0 Å². The molecule has 6 aliphatic heterocycles. The second-order valence-electron chi connectivity index (χ2n) is 49.9. The summed E-state index contributed by atoms with van der Waals surface area (Å²) in [7, 11) is 0. The number of hydrogen-bond donors (Lipinski definition) is 0. The molecular weight excluding hydrogens is 1740 g/mol. The lowest BCUT2D eigenvalue weighted by molar-refractivity contribution is 0.194. The fraction of sp³-hybridized carbons (Fsp3) is 0.312. The van der Waals surface area contributed by atoms with Crippen molar-refractivity contribution in [3.8, 4) is 11.4 Å². The van der Waals surface area contributed by atoms with Gasteiger partial charge in [0.25, 0.3) is 13.4 Å². The maximum absolute atomic E-state index is 7.50. The number of anilines is 10. The number of benzene rings is 14. The molecule has 0 N–H and O–H groups in total. The van der Waals surface area contributed by atoms with Crippen LogP contribution in [0.3, 0.4) is 0 Å². The molecule has 0 saturated heterocycles. The van der Waals surface area contributed by atoms with E-state index in [1.165, 1.54) is 228 Å². The van der Waals surface area contributed by atoms with Crippen LogP contribution in [0.5, 0.6) is 0 Å². The summed E-state index contributed by atoms with van der Waals surface area (Å²) in [6, 6.07) is 99.4. The minimum absolute atomic E-state index is 0.00856. The molecule has 12 heteroatoms. The number of para-hydroxylation sites is 2. The third kappa shape index (κ3) is 11.3. The molecule has 20 aromatic rings. The number of fused-ring (bicyclic) bond motifs is 30. The van der Waals surface area contributed by atoms with E-state index in [1.807, 2.05) is 22.7 Å². The molecular formula is C128H122B2N6O2S2. The molecule has 28 rings (SSSR count). The smallest absolute Gasteiger partial charge is 0.252 e. The first-order valence-corrected chi connectivity index (χ1v) is 53.4. The highest BCUT2D eigenvalue weighted by Crippen LogP contribution is 2.66. The summed E-state index contributed by atoms with van der Waals surface area (Å²) in [6.45, 7) is 51.3. The summed E-state index contributed by atoms with van der Waals surface area (Å²) < 4.78 is 22.8. The lowest BCUT2D eigenvalue weighted by atomic mass is 9.33. The highest BCUT2D eigenvalue weighted by Gasteiger charge is 2.61. The van der Waals surface area contributed by atoms with Crippen molar-refractivity contribution in [2.24, 2.45) is 0 Å². The van der Waals surface area contributed by atoms with Gasteiger partial charge in [-0.15, -0.1) is 22.7 Å². The number of rotatable bonds is 7. The van der Waals surface area contributed by atoms with E-state index in [2.05, 4.69) is 423 Å².